The van der Waals surface area contributed by atoms with Crippen molar-refractivity contribution >= 4 is 5.91 Å². The summed E-state index contributed by atoms with van der Waals surface area (Å²) < 4.78 is 0. The van der Waals surface area contributed by atoms with Crippen molar-refractivity contribution in [2.45, 2.75) is 38.6 Å². The van der Waals surface area contributed by atoms with Crippen molar-refractivity contribution in [1.29, 1.82) is 0 Å². The van der Waals surface area contributed by atoms with Gasteiger partial charge >= 0.3 is 0 Å². The Morgan fingerprint density at radius 3 is 2.89 bits per heavy atom. The number of amides is 1. The van der Waals surface area contributed by atoms with E-state index in [1.807, 2.05) is 6.07 Å². The highest BCUT2D eigenvalue weighted by atomic mass is 16.1. The van der Waals surface area contributed by atoms with Crippen molar-refractivity contribution in [3.8, 4) is 0 Å². The lowest BCUT2D eigenvalue weighted by molar-refractivity contribution is 0.0938. The van der Waals surface area contributed by atoms with Crippen LogP contribution in [0.15, 0.2) is 18.3 Å². The average molecular weight is 247 g/mol. The Morgan fingerprint density at radius 1 is 1.39 bits per heavy atom. The van der Waals surface area contributed by atoms with E-state index in [1.165, 1.54) is 32.1 Å². The van der Waals surface area contributed by atoms with Crippen molar-refractivity contribution in [2.75, 3.05) is 6.54 Å². The molecule has 1 amide bonds. The fourth-order valence-electron chi connectivity index (χ4n) is 2.44. The summed E-state index contributed by atoms with van der Waals surface area (Å²) in [6, 6.07) is 3.59. The van der Waals surface area contributed by atoms with E-state index in [0.29, 0.717) is 18.2 Å². The molecule has 4 nitrogen and oxygen atoms in total. The van der Waals surface area contributed by atoms with Gasteiger partial charge in [0.2, 0.25) is 0 Å². The molecule has 0 spiro atoms. The highest BCUT2D eigenvalue weighted by molar-refractivity contribution is 5.92. The second kappa shape index (κ2) is 6.50. The first-order chi connectivity index (χ1) is 8.79. The van der Waals surface area contributed by atoms with Gasteiger partial charge < -0.3 is 11.1 Å². The van der Waals surface area contributed by atoms with Gasteiger partial charge in [0.1, 0.15) is 5.69 Å². The van der Waals surface area contributed by atoms with Crippen molar-refractivity contribution in [3.63, 3.8) is 0 Å². The quantitative estimate of drug-likeness (QED) is 0.853. The van der Waals surface area contributed by atoms with Gasteiger partial charge in [-0.1, -0.05) is 19.3 Å². The fraction of sp³-hybridized carbons (Fsp3) is 0.571. The number of nitrogens with one attached hydrogen (secondary N) is 1. The molecule has 1 fully saturated rings. The summed E-state index contributed by atoms with van der Waals surface area (Å²) in [7, 11) is 0. The molecule has 1 saturated carbocycles. The Kier molecular flexibility index (Phi) is 4.70. The molecule has 1 heterocycles. The normalized spacial score (nSPS) is 16.5. The van der Waals surface area contributed by atoms with E-state index in [1.54, 1.807) is 12.3 Å². The average Bonchev–Trinajstić information content (AvgIpc) is 2.46. The molecule has 2 rings (SSSR count). The molecule has 0 unspecified atom stereocenters. The van der Waals surface area contributed by atoms with Crippen LogP contribution in [0.25, 0.3) is 0 Å². The molecule has 1 aromatic heterocycles. The summed E-state index contributed by atoms with van der Waals surface area (Å²) in [6.45, 7) is 1.21. The second-order valence-corrected chi connectivity index (χ2v) is 4.97. The van der Waals surface area contributed by atoms with Crippen LogP contribution < -0.4 is 11.1 Å². The molecule has 1 aliphatic carbocycles. The van der Waals surface area contributed by atoms with E-state index in [4.69, 9.17) is 5.73 Å². The smallest absolute Gasteiger partial charge is 0.269 e. The maximum absolute atomic E-state index is 11.9. The lowest BCUT2D eigenvalue weighted by atomic mass is 9.89. The van der Waals surface area contributed by atoms with E-state index < -0.39 is 0 Å². The van der Waals surface area contributed by atoms with Gasteiger partial charge in [0.05, 0.1) is 0 Å². The molecule has 1 aromatic rings. The van der Waals surface area contributed by atoms with Crippen LogP contribution in [-0.4, -0.2) is 17.4 Å². The number of nitrogens with zero attached hydrogens (tertiary/aromatic N) is 1. The van der Waals surface area contributed by atoms with E-state index in [0.717, 1.165) is 12.1 Å². The summed E-state index contributed by atoms with van der Waals surface area (Å²) in [6.07, 6.45) is 8.03. The Labute approximate surface area is 108 Å². The van der Waals surface area contributed by atoms with Crippen LogP contribution in [-0.2, 0) is 6.54 Å². The number of pyridine rings is 1. The van der Waals surface area contributed by atoms with Gasteiger partial charge in [0.25, 0.3) is 5.91 Å². The fourth-order valence-corrected chi connectivity index (χ4v) is 2.44. The molecule has 18 heavy (non-hydrogen) atoms. The molecule has 0 bridgehead atoms. The molecular weight excluding hydrogens is 226 g/mol. The molecule has 0 aliphatic heterocycles. The van der Waals surface area contributed by atoms with Gasteiger partial charge in [-0.15, -0.1) is 0 Å². The molecule has 0 saturated heterocycles. The second-order valence-electron chi connectivity index (χ2n) is 4.97. The van der Waals surface area contributed by atoms with Gasteiger partial charge in [-0.25, -0.2) is 0 Å². The van der Waals surface area contributed by atoms with Gasteiger partial charge in [-0.2, -0.15) is 0 Å². The zero-order valence-electron chi connectivity index (χ0n) is 10.7. The predicted molar refractivity (Wildman–Crippen MR) is 71.0 cm³/mol. The van der Waals surface area contributed by atoms with Crippen LogP contribution in [0.3, 0.4) is 0 Å². The summed E-state index contributed by atoms with van der Waals surface area (Å²) in [5, 5.41) is 2.98. The van der Waals surface area contributed by atoms with Gasteiger partial charge in [0, 0.05) is 19.3 Å². The number of aromatic nitrogens is 1. The molecule has 0 atom stereocenters. The molecule has 0 aromatic carbocycles. The number of hydrogen-bond acceptors (Lipinski definition) is 3. The molecule has 3 N–H and O–H groups in total. The Hall–Kier alpha value is -1.42. The minimum absolute atomic E-state index is 0.0872. The summed E-state index contributed by atoms with van der Waals surface area (Å²) in [4.78, 5) is 16.0. The number of nitrogens with two attached hydrogens (primary N) is 1. The molecule has 0 radical (unpaired) electrons. The highest BCUT2D eigenvalue weighted by Gasteiger charge is 2.15. The van der Waals surface area contributed by atoms with E-state index >= 15 is 0 Å². The molecule has 1 aliphatic rings. The minimum atomic E-state index is -0.0872. The standard InChI is InChI=1S/C14H21N3O/c15-9-12-6-7-16-13(8-12)14(18)17-10-11-4-2-1-3-5-11/h6-8,11H,1-5,9-10,15H2,(H,17,18). The monoisotopic (exact) mass is 247 g/mol. The molecular formula is C14H21N3O. The first kappa shape index (κ1) is 13.0. The zero-order valence-corrected chi connectivity index (χ0v) is 10.7. The van der Waals surface area contributed by atoms with E-state index in [-0.39, 0.29) is 5.91 Å². The summed E-state index contributed by atoms with van der Waals surface area (Å²) in [5.41, 5.74) is 6.95. The SMILES string of the molecule is NCc1ccnc(C(=O)NCC2CCCCC2)c1. The van der Waals surface area contributed by atoms with Crippen LogP contribution in [0.1, 0.15) is 48.2 Å². The molecule has 98 valence electrons. The maximum atomic E-state index is 11.9. The van der Waals surface area contributed by atoms with Gasteiger partial charge in [-0.05, 0) is 36.5 Å². The van der Waals surface area contributed by atoms with Crippen molar-refractivity contribution in [2.24, 2.45) is 11.7 Å². The van der Waals surface area contributed by atoms with Gasteiger partial charge in [-0.3, -0.25) is 9.78 Å². The summed E-state index contributed by atoms with van der Waals surface area (Å²) in [5.74, 6) is 0.552. The third kappa shape index (κ3) is 3.53. The predicted octanol–water partition coefficient (Wildman–Crippen LogP) is 1.85. The van der Waals surface area contributed by atoms with Crippen molar-refractivity contribution in [3.05, 3.63) is 29.6 Å². The van der Waals surface area contributed by atoms with E-state index in [2.05, 4.69) is 10.3 Å². The Morgan fingerprint density at radius 2 is 2.17 bits per heavy atom. The largest absolute Gasteiger partial charge is 0.350 e. The number of carbonyl (C=O) groups is 1. The topological polar surface area (TPSA) is 68.0 Å². The number of carbonyl (C=O) groups excluding carboxylic acids is 1. The van der Waals surface area contributed by atoms with Crippen molar-refractivity contribution in [1.82, 2.24) is 10.3 Å². The molecule has 4 heteroatoms. The summed E-state index contributed by atoms with van der Waals surface area (Å²) >= 11 is 0. The van der Waals surface area contributed by atoms with Crippen LogP contribution in [0, 0.1) is 5.92 Å². The highest BCUT2D eigenvalue weighted by Crippen LogP contribution is 2.22. The first-order valence-electron chi connectivity index (χ1n) is 6.73. The first-order valence-corrected chi connectivity index (χ1v) is 6.73. The zero-order chi connectivity index (χ0) is 12.8. The van der Waals surface area contributed by atoms with Gasteiger partial charge in [0.15, 0.2) is 0 Å². The Bertz CT molecular complexity index is 400. The lowest BCUT2D eigenvalue weighted by Crippen LogP contribution is -2.30. The Balaban J connectivity index is 1.86. The van der Waals surface area contributed by atoms with Crippen LogP contribution in [0.5, 0.6) is 0 Å². The van der Waals surface area contributed by atoms with Crippen LogP contribution in [0.4, 0.5) is 0 Å². The van der Waals surface area contributed by atoms with Crippen molar-refractivity contribution < 1.29 is 4.79 Å². The maximum Gasteiger partial charge on any atom is 0.269 e. The lowest BCUT2D eigenvalue weighted by Gasteiger charge is -2.21. The van der Waals surface area contributed by atoms with Crippen LogP contribution in [0.2, 0.25) is 0 Å². The number of hydrogen-bond donors (Lipinski definition) is 2. The third-order valence-electron chi connectivity index (χ3n) is 3.57. The number of rotatable bonds is 4. The minimum Gasteiger partial charge on any atom is -0.350 e. The third-order valence-corrected chi connectivity index (χ3v) is 3.57. The van der Waals surface area contributed by atoms with Crippen LogP contribution >= 0.6 is 0 Å². The van der Waals surface area contributed by atoms with E-state index in [9.17, 15) is 4.79 Å².